The van der Waals surface area contributed by atoms with E-state index in [1.54, 1.807) is 0 Å². The zero-order valence-corrected chi connectivity index (χ0v) is 13.4. The molecule has 1 N–H and O–H groups in total. The van der Waals surface area contributed by atoms with Crippen LogP contribution in [0.4, 0.5) is 0 Å². The summed E-state index contributed by atoms with van der Waals surface area (Å²) in [5.41, 5.74) is 2.95. The maximum absolute atomic E-state index is 11.2. The number of aliphatic hydroxyl groups is 1. The van der Waals surface area contributed by atoms with Gasteiger partial charge in [0.1, 0.15) is 0 Å². The third-order valence-corrected chi connectivity index (χ3v) is 4.57. The van der Waals surface area contributed by atoms with Crippen molar-refractivity contribution in [3.05, 3.63) is 108 Å². The molecule has 0 aliphatic carbocycles. The van der Waals surface area contributed by atoms with Gasteiger partial charge in [-0.05, 0) is 23.1 Å². The van der Waals surface area contributed by atoms with E-state index in [4.69, 9.17) is 0 Å². The van der Waals surface area contributed by atoms with Crippen LogP contribution in [0.5, 0.6) is 0 Å². The molecule has 0 aromatic heterocycles. The fourth-order valence-electron chi connectivity index (χ4n) is 3.20. The SMILES string of the molecule is CC(Cc1ccccc1)(c1ccccc1)C(O)c1ccccc1. The summed E-state index contributed by atoms with van der Waals surface area (Å²) < 4.78 is 0. The Morgan fingerprint density at radius 1 is 0.739 bits per heavy atom. The van der Waals surface area contributed by atoms with Crippen LogP contribution in [-0.4, -0.2) is 5.11 Å². The van der Waals surface area contributed by atoms with E-state index in [1.807, 2.05) is 54.6 Å². The molecule has 2 unspecified atom stereocenters. The van der Waals surface area contributed by atoms with Crippen LogP contribution in [0.2, 0.25) is 0 Å². The van der Waals surface area contributed by atoms with E-state index in [-0.39, 0.29) is 5.41 Å². The highest BCUT2D eigenvalue weighted by Crippen LogP contribution is 2.40. The van der Waals surface area contributed by atoms with Crippen molar-refractivity contribution in [3.8, 4) is 0 Å². The Morgan fingerprint density at radius 3 is 1.78 bits per heavy atom. The average Bonchev–Trinajstić information content (AvgIpc) is 2.63. The smallest absolute Gasteiger partial charge is 0.0887 e. The van der Waals surface area contributed by atoms with Gasteiger partial charge in [0, 0.05) is 5.41 Å². The lowest BCUT2D eigenvalue weighted by Crippen LogP contribution is -2.33. The second kappa shape index (κ2) is 6.80. The van der Waals surface area contributed by atoms with E-state index < -0.39 is 6.10 Å². The lowest BCUT2D eigenvalue weighted by atomic mass is 9.71. The summed E-state index contributed by atoms with van der Waals surface area (Å²) in [5.74, 6) is 0. The van der Waals surface area contributed by atoms with E-state index in [0.717, 1.165) is 17.5 Å². The zero-order valence-electron chi connectivity index (χ0n) is 13.4. The molecule has 0 saturated heterocycles. The highest BCUT2D eigenvalue weighted by atomic mass is 16.3. The second-order valence-electron chi connectivity index (χ2n) is 6.26. The molecule has 0 saturated carbocycles. The van der Waals surface area contributed by atoms with Crippen LogP contribution in [-0.2, 0) is 11.8 Å². The van der Waals surface area contributed by atoms with Gasteiger partial charge in [0.15, 0.2) is 0 Å². The van der Waals surface area contributed by atoms with Gasteiger partial charge in [0.2, 0.25) is 0 Å². The van der Waals surface area contributed by atoms with Crippen molar-refractivity contribution >= 4 is 0 Å². The second-order valence-corrected chi connectivity index (χ2v) is 6.26. The van der Waals surface area contributed by atoms with E-state index >= 15 is 0 Å². The lowest BCUT2D eigenvalue weighted by molar-refractivity contribution is 0.0893. The van der Waals surface area contributed by atoms with E-state index in [1.165, 1.54) is 5.56 Å². The minimum Gasteiger partial charge on any atom is -0.387 e. The highest BCUT2D eigenvalue weighted by molar-refractivity contribution is 5.34. The van der Waals surface area contributed by atoms with Crippen molar-refractivity contribution in [2.45, 2.75) is 24.9 Å². The molecule has 2 atom stereocenters. The van der Waals surface area contributed by atoms with E-state index in [2.05, 4.69) is 43.3 Å². The van der Waals surface area contributed by atoms with Gasteiger partial charge < -0.3 is 5.11 Å². The summed E-state index contributed by atoms with van der Waals surface area (Å²) in [5, 5.41) is 11.2. The summed E-state index contributed by atoms with van der Waals surface area (Å²) in [7, 11) is 0. The van der Waals surface area contributed by atoms with Gasteiger partial charge in [-0.3, -0.25) is 0 Å². The fraction of sp³-hybridized carbons (Fsp3) is 0.182. The summed E-state index contributed by atoms with van der Waals surface area (Å²) in [6.07, 6.45) is 0.222. The van der Waals surface area contributed by atoms with E-state index in [9.17, 15) is 5.11 Å². The molecule has 3 aromatic rings. The molecule has 1 heteroatoms. The van der Waals surface area contributed by atoms with Gasteiger partial charge in [-0.15, -0.1) is 0 Å². The first-order valence-corrected chi connectivity index (χ1v) is 8.02. The monoisotopic (exact) mass is 302 g/mol. The topological polar surface area (TPSA) is 20.2 Å². The number of hydrogen-bond acceptors (Lipinski definition) is 1. The minimum atomic E-state index is -0.564. The summed E-state index contributed by atoms with van der Waals surface area (Å²) >= 11 is 0. The van der Waals surface area contributed by atoms with Crippen molar-refractivity contribution in [2.75, 3.05) is 0 Å². The number of aliphatic hydroxyl groups excluding tert-OH is 1. The molecule has 116 valence electrons. The Hall–Kier alpha value is -2.38. The number of rotatable bonds is 5. The first-order chi connectivity index (χ1) is 11.2. The number of benzene rings is 3. The molecule has 23 heavy (non-hydrogen) atoms. The van der Waals surface area contributed by atoms with E-state index in [0.29, 0.717) is 0 Å². The quantitative estimate of drug-likeness (QED) is 0.709. The fourth-order valence-corrected chi connectivity index (χ4v) is 3.20. The number of hydrogen-bond donors (Lipinski definition) is 1. The predicted molar refractivity (Wildman–Crippen MR) is 95.3 cm³/mol. The molecule has 3 rings (SSSR count). The average molecular weight is 302 g/mol. The van der Waals surface area contributed by atoms with Gasteiger partial charge in [-0.1, -0.05) is 97.9 Å². The first-order valence-electron chi connectivity index (χ1n) is 8.02. The van der Waals surface area contributed by atoms with Gasteiger partial charge in [-0.25, -0.2) is 0 Å². The van der Waals surface area contributed by atoms with Gasteiger partial charge in [-0.2, -0.15) is 0 Å². The van der Waals surface area contributed by atoms with Crippen molar-refractivity contribution in [3.63, 3.8) is 0 Å². The maximum Gasteiger partial charge on any atom is 0.0887 e. The van der Waals surface area contributed by atoms with Crippen LogP contribution in [0.1, 0.15) is 29.7 Å². The van der Waals surface area contributed by atoms with Crippen LogP contribution >= 0.6 is 0 Å². The van der Waals surface area contributed by atoms with Crippen LogP contribution in [0.25, 0.3) is 0 Å². The van der Waals surface area contributed by atoms with Crippen molar-refractivity contribution in [1.82, 2.24) is 0 Å². The lowest BCUT2D eigenvalue weighted by Gasteiger charge is -2.36. The van der Waals surface area contributed by atoms with Crippen molar-refractivity contribution < 1.29 is 5.11 Å². The Bertz CT molecular complexity index is 722. The molecule has 0 heterocycles. The van der Waals surface area contributed by atoms with Crippen LogP contribution < -0.4 is 0 Å². The normalized spacial score (nSPS) is 14.9. The highest BCUT2D eigenvalue weighted by Gasteiger charge is 2.35. The van der Waals surface area contributed by atoms with Gasteiger partial charge in [0.25, 0.3) is 0 Å². The van der Waals surface area contributed by atoms with Gasteiger partial charge in [0.05, 0.1) is 6.10 Å². The third-order valence-electron chi connectivity index (χ3n) is 4.57. The van der Waals surface area contributed by atoms with Gasteiger partial charge >= 0.3 is 0 Å². The van der Waals surface area contributed by atoms with Crippen molar-refractivity contribution in [2.24, 2.45) is 0 Å². The first kappa shape index (κ1) is 15.5. The molecular weight excluding hydrogens is 280 g/mol. The molecule has 0 amide bonds. The predicted octanol–water partition coefficient (Wildman–Crippen LogP) is 4.92. The molecule has 0 spiro atoms. The standard InChI is InChI=1S/C22H22O/c1-22(20-15-9-4-10-16-20,17-18-11-5-2-6-12-18)21(23)19-13-7-3-8-14-19/h2-16,21,23H,17H2,1H3. The molecule has 0 fully saturated rings. The molecule has 0 aliphatic rings. The summed E-state index contributed by atoms with van der Waals surface area (Å²) in [6.45, 7) is 2.15. The largest absolute Gasteiger partial charge is 0.387 e. The van der Waals surface area contributed by atoms with Crippen molar-refractivity contribution in [1.29, 1.82) is 0 Å². The molecule has 0 bridgehead atoms. The molecule has 1 nitrogen and oxygen atoms in total. The van der Waals surface area contributed by atoms with Crippen LogP contribution in [0.15, 0.2) is 91.0 Å². The zero-order chi connectivity index (χ0) is 16.1. The Labute approximate surface area is 138 Å². The minimum absolute atomic E-state index is 0.385. The Morgan fingerprint density at radius 2 is 1.22 bits per heavy atom. The molecule has 0 radical (unpaired) electrons. The Kier molecular flexibility index (Phi) is 4.59. The summed E-state index contributed by atoms with van der Waals surface area (Å²) in [6, 6.07) is 30.6. The molecule has 3 aromatic carbocycles. The summed E-state index contributed by atoms with van der Waals surface area (Å²) in [4.78, 5) is 0. The maximum atomic E-state index is 11.2. The molecule has 0 aliphatic heterocycles. The van der Waals surface area contributed by atoms with Crippen LogP contribution in [0, 0.1) is 0 Å². The molecular formula is C22H22O. The Balaban J connectivity index is 2.03. The van der Waals surface area contributed by atoms with Crippen LogP contribution in [0.3, 0.4) is 0 Å². The third kappa shape index (κ3) is 3.35.